The zero-order valence-corrected chi connectivity index (χ0v) is 18.8. The number of nitriles is 1. The van der Waals surface area contributed by atoms with Gasteiger partial charge in [0.05, 0.1) is 22.5 Å². The van der Waals surface area contributed by atoms with Gasteiger partial charge in [-0.25, -0.2) is 13.4 Å². The number of benzene rings is 1. The fraction of sp³-hybridized carbons (Fsp3) is 0.174. The Morgan fingerprint density at radius 3 is 2.47 bits per heavy atom. The van der Waals surface area contributed by atoms with E-state index in [1.54, 1.807) is 33.7 Å². The average molecular weight is 485 g/mol. The van der Waals surface area contributed by atoms with Crippen LogP contribution in [0, 0.1) is 18.3 Å². The lowest BCUT2D eigenvalue weighted by Gasteiger charge is -2.17. The summed E-state index contributed by atoms with van der Waals surface area (Å²) >= 11 is 0. The number of alkyl halides is 3. The van der Waals surface area contributed by atoms with Crippen LogP contribution < -0.4 is 4.72 Å². The molecule has 1 aromatic carbocycles. The van der Waals surface area contributed by atoms with Crippen LogP contribution in [0.1, 0.15) is 18.1 Å². The van der Waals surface area contributed by atoms with Gasteiger partial charge in [-0.2, -0.15) is 23.2 Å². The lowest BCUT2D eigenvalue weighted by Crippen LogP contribution is -2.42. The van der Waals surface area contributed by atoms with E-state index in [2.05, 4.69) is 16.0 Å². The van der Waals surface area contributed by atoms with Gasteiger partial charge in [0.15, 0.2) is 0 Å². The minimum atomic E-state index is -4.73. The van der Waals surface area contributed by atoms with E-state index in [9.17, 15) is 26.9 Å². The zero-order valence-electron chi connectivity index (χ0n) is 18.0. The molecule has 0 fully saturated rings. The molecule has 174 valence electrons. The second-order valence-corrected chi connectivity index (χ2v) is 9.36. The van der Waals surface area contributed by atoms with Crippen LogP contribution in [0.2, 0.25) is 0 Å². The molecule has 34 heavy (non-hydrogen) atoms. The molecule has 0 aliphatic rings. The second kappa shape index (κ2) is 8.55. The van der Waals surface area contributed by atoms with Gasteiger partial charge in [0, 0.05) is 17.8 Å². The normalized spacial score (nSPS) is 13.1. The number of rotatable bonds is 5. The van der Waals surface area contributed by atoms with Crippen LogP contribution in [0.25, 0.3) is 28.1 Å². The fourth-order valence-corrected chi connectivity index (χ4v) is 4.71. The number of hydrogen-bond donors (Lipinski definition) is 1. The standard InChI is InChI=1S/C23H18F3N5O2S/c1-14-6-9-20-17(11-14)18(12-27)22(31(20)21-5-3-4-10-28-21)19-8-7-16(13-29-19)34(32,33)30-15(2)23(24,25)26/h3-11,13,15,30H,1-2H3/t15-/m0/s1. The van der Waals surface area contributed by atoms with Crippen molar-refractivity contribution in [3.8, 4) is 23.3 Å². The van der Waals surface area contributed by atoms with Gasteiger partial charge in [-0.1, -0.05) is 17.7 Å². The first-order valence-corrected chi connectivity index (χ1v) is 11.5. The van der Waals surface area contributed by atoms with Crippen LogP contribution in [0.3, 0.4) is 0 Å². The number of hydrogen-bond acceptors (Lipinski definition) is 5. The third-order valence-corrected chi connectivity index (χ3v) is 6.75. The van der Waals surface area contributed by atoms with E-state index in [0.717, 1.165) is 17.8 Å². The highest BCUT2D eigenvalue weighted by atomic mass is 32.2. The van der Waals surface area contributed by atoms with Crippen LogP contribution in [-0.4, -0.2) is 35.2 Å². The summed E-state index contributed by atoms with van der Waals surface area (Å²) in [6.45, 7) is 2.61. The molecular weight excluding hydrogens is 467 g/mol. The summed E-state index contributed by atoms with van der Waals surface area (Å²) in [6.07, 6.45) is -2.17. The van der Waals surface area contributed by atoms with Gasteiger partial charge in [-0.3, -0.25) is 9.55 Å². The van der Waals surface area contributed by atoms with Crippen LogP contribution in [0.4, 0.5) is 13.2 Å². The summed E-state index contributed by atoms with van der Waals surface area (Å²) in [5.74, 6) is 0.520. The summed E-state index contributed by atoms with van der Waals surface area (Å²) in [5.41, 5.74) is 2.61. The molecule has 0 bridgehead atoms. The Labute approximate surface area is 193 Å². The van der Waals surface area contributed by atoms with Gasteiger partial charge in [-0.05, 0) is 50.2 Å². The molecule has 0 aliphatic carbocycles. The van der Waals surface area contributed by atoms with Gasteiger partial charge in [-0.15, -0.1) is 0 Å². The molecule has 0 unspecified atom stereocenters. The number of aromatic nitrogens is 3. The summed E-state index contributed by atoms with van der Waals surface area (Å²) in [5, 5.41) is 10.6. The van der Waals surface area contributed by atoms with Crippen molar-refractivity contribution in [2.45, 2.75) is 31.0 Å². The zero-order chi connectivity index (χ0) is 24.7. The van der Waals surface area contributed by atoms with Gasteiger partial charge < -0.3 is 0 Å². The van der Waals surface area contributed by atoms with E-state index in [1.807, 2.05) is 25.1 Å². The molecule has 0 amide bonds. The number of fused-ring (bicyclic) bond motifs is 1. The molecule has 4 rings (SSSR count). The first-order valence-electron chi connectivity index (χ1n) is 10.0. The summed E-state index contributed by atoms with van der Waals surface area (Å²) in [6, 6.07) is 13.3. The summed E-state index contributed by atoms with van der Waals surface area (Å²) in [4.78, 5) is 8.15. The molecule has 7 nitrogen and oxygen atoms in total. The first kappa shape index (κ1) is 23.4. The van der Waals surface area contributed by atoms with Crippen molar-refractivity contribution in [3.05, 3.63) is 72.1 Å². The minimum absolute atomic E-state index is 0.263. The molecular formula is C23H18F3N5O2S. The maximum absolute atomic E-state index is 12.8. The number of aryl methyl sites for hydroxylation is 1. The molecule has 0 spiro atoms. The summed E-state index contributed by atoms with van der Waals surface area (Å²) in [7, 11) is -4.47. The maximum Gasteiger partial charge on any atom is 0.404 e. The van der Waals surface area contributed by atoms with Crippen LogP contribution in [-0.2, 0) is 10.0 Å². The second-order valence-electron chi connectivity index (χ2n) is 7.64. The van der Waals surface area contributed by atoms with Crippen molar-refractivity contribution in [1.82, 2.24) is 19.3 Å². The highest BCUT2D eigenvalue weighted by Crippen LogP contribution is 2.35. The van der Waals surface area contributed by atoms with Gasteiger partial charge in [0.1, 0.15) is 22.8 Å². The third-order valence-electron chi connectivity index (χ3n) is 5.23. The molecule has 4 aromatic rings. The van der Waals surface area contributed by atoms with Crippen molar-refractivity contribution >= 4 is 20.9 Å². The van der Waals surface area contributed by atoms with E-state index >= 15 is 0 Å². The molecule has 1 atom stereocenters. The summed E-state index contributed by atoms with van der Waals surface area (Å²) < 4.78 is 66.6. The fourth-order valence-electron chi connectivity index (χ4n) is 3.53. The Hall–Kier alpha value is -3.75. The van der Waals surface area contributed by atoms with Crippen molar-refractivity contribution in [2.24, 2.45) is 0 Å². The Morgan fingerprint density at radius 2 is 1.88 bits per heavy atom. The van der Waals surface area contributed by atoms with Crippen LogP contribution in [0.15, 0.2) is 65.8 Å². The van der Waals surface area contributed by atoms with Crippen molar-refractivity contribution in [1.29, 1.82) is 5.26 Å². The topological polar surface area (TPSA) is 101 Å². The number of sulfonamides is 1. The van der Waals surface area contributed by atoms with Crippen molar-refractivity contribution in [3.63, 3.8) is 0 Å². The lowest BCUT2D eigenvalue weighted by molar-refractivity contribution is -0.147. The van der Waals surface area contributed by atoms with E-state index in [1.165, 1.54) is 6.07 Å². The Kier molecular flexibility index (Phi) is 5.89. The molecule has 11 heteroatoms. The molecule has 0 aliphatic heterocycles. The molecule has 0 radical (unpaired) electrons. The smallest absolute Gasteiger partial charge is 0.291 e. The Balaban J connectivity index is 1.87. The number of nitrogens with one attached hydrogen (secondary N) is 1. The molecule has 3 heterocycles. The number of halogens is 3. The van der Waals surface area contributed by atoms with E-state index in [-0.39, 0.29) is 5.69 Å². The Morgan fingerprint density at radius 1 is 1.12 bits per heavy atom. The highest BCUT2D eigenvalue weighted by molar-refractivity contribution is 7.89. The van der Waals surface area contributed by atoms with Crippen molar-refractivity contribution < 1.29 is 21.6 Å². The van der Waals surface area contributed by atoms with E-state index < -0.39 is 27.1 Å². The third kappa shape index (κ3) is 4.25. The minimum Gasteiger partial charge on any atom is -0.291 e. The SMILES string of the molecule is Cc1ccc2c(c1)c(C#N)c(-c1ccc(S(=O)(=O)N[C@@H](C)C(F)(F)F)cn1)n2-c1ccccn1. The largest absolute Gasteiger partial charge is 0.404 e. The average Bonchev–Trinajstić information content (AvgIpc) is 3.12. The number of pyridine rings is 2. The predicted molar refractivity (Wildman–Crippen MR) is 120 cm³/mol. The molecule has 0 saturated heterocycles. The van der Waals surface area contributed by atoms with Crippen molar-refractivity contribution in [2.75, 3.05) is 0 Å². The quantitative estimate of drug-likeness (QED) is 0.449. The molecule has 0 saturated carbocycles. The van der Waals surface area contributed by atoms with Gasteiger partial charge >= 0.3 is 6.18 Å². The highest BCUT2D eigenvalue weighted by Gasteiger charge is 2.39. The van der Waals surface area contributed by atoms with Crippen LogP contribution >= 0.6 is 0 Å². The van der Waals surface area contributed by atoms with Crippen LogP contribution in [0.5, 0.6) is 0 Å². The van der Waals surface area contributed by atoms with Gasteiger partial charge in [0.25, 0.3) is 0 Å². The first-order chi connectivity index (χ1) is 16.0. The lowest BCUT2D eigenvalue weighted by atomic mass is 10.1. The van der Waals surface area contributed by atoms with E-state index in [0.29, 0.717) is 34.9 Å². The maximum atomic E-state index is 12.8. The Bertz CT molecular complexity index is 1510. The predicted octanol–water partition coefficient (Wildman–Crippen LogP) is 4.50. The van der Waals surface area contributed by atoms with E-state index in [4.69, 9.17) is 0 Å². The monoisotopic (exact) mass is 485 g/mol. The molecule has 3 aromatic heterocycles. The molecule has 1 N–H and O–H groups in total. The van der Waals surface area contributed by atoms with Gasteiger partial charge in [0.2, 0.25) is 10.0 Å². The number of nitrogens with zero attached hydrogens (tertiary/aromatic N) is 4.